The third kappa shape index (κ3) is 4.99. The van der Waals surface area contributed by atoms with Gasteiger partial charge in [0.05, 0.1) is 11.2 Å². The van der Waals surface area contributed by atoms with E-state index in [1.807, 2.05) is 33.7 Å². The topological polar surface area (TPSA) is 55.8 Å². The Labute approximate surface area is 116 Å². The smallest absolute Gasteiger partial charge is 0.481 e. The van der Waals surface area contributed by atoms with Gasteiger partial charge in [0.15, 0.2) is 0 Å². The highest BCUT2D eigenvalue weighted by atomic mass is 16.7. The predicted molar refractivity (Wildman–Crippen MR) is 75.9 cm³/mol. The summed E-state index contributed by atoms with van der Waals surface area (Å²) in [5.41, 5.74) is -0.576. The molecule has 0 unspecified atom stereocenters. The molecule has 0 radical (unpaired) electrons. The van der Waals surface area contributed by atoms with Crippen LogP contribution in [-0.4, -0.2) is 29.4 Å². The minimum absolute atomic E-state index is 0.265. The van der Waals surface area contributed by atoms with E-state index in [0.29, 0.717) is 0 Å². The zero-order valence-corrected chi connectivity index (χ0v) is 12.4. The Kier molecular flexibility index (Phi) is 5.62. The van der Waals surface area contributed by atoms with Gasteiger partial charge in [0.1, 0.15) is 0 Å². The molecular formula is C14H25BO4. The average Bonchev–Trinajstić information content (AvgIpc) is 2.45. The van der Waals surface area contributed by atoms with Crippen molar-refractivity contribution < 1.29 is 19.2 Å². The maximum Gasteiger partial charge on any atom is 0.486 e. The zero-order valence-electron chi connectivity index (χ0n) is 12.4. The van der Waals surface area contributed by atoms with Gasteiger partial charge < -0.3 is 14.4 Å². The second-order valence-electron chi connectivity index (χ2n) is 6.05. The summed E-state index contributed by atoms with van der Waals surface area (Å²) in [4.78, 5) is 10.3. The van der Waals surface area contributed by atoms with Gasteiger partial charge in [-0.1, -0.05) is 18.5 Å². The standard InChI is InChI=1S/C14H25BO4/c1-13(2)14(3,4)19-15(18-13)11-9-7-5-6-8-10-12(16)17/h9,11H,5-8,10H2,1-4H3,(H,16,17)/b11-9+. The quantitative estimate of drug-likeness (QED) is 0.569. The minimum Gasteiger partial charge on any atom is -0.481 e. The Morgan fingerprint density at radius 2 is 1.68 bits per heavy atom. The Morgan fingerprint density at radius 3 is 2.21 bits per heavy atom. The van der Waals surface area contributed by atoms with E-state index in [1.54, 1.807) is 0 Å². The Hall–Kier alpha value is -0.805. The summed E-state index contributed by atoms with van der Waals surface area (Å²) in [5.74, 6) is 1.24. The van der Waals surface area contributed by atoms with Crippen LogP contribution in [-0.2, 0) is 14.1 Å². The molecule has 0 aromatic carbocycles. The zero-order chi connectivity index (χ0) is 14.5. The molecule has 0 aliphatic carbocycles. The average molecular weight is 268 g/mol. The number of aliphatic carboxylic acids is 1. The molecule has 1 saturated heterocycles. The molecule has 0 aromatic rings. The molecule has 1 aliphatic rings. The van der Waals surface area contributed by atoms with Gasteiger partial charge in [-0.15, -0.1) is 0 Å². The molecule has 1 aliphatic heterocycles. The van der Waals surface area contributed by atoms with Crippen molar-refractivity contribution in [3.8, 4) is 0 Å². The van der Waals surface area contributed by atoms with Crippen molar-refractivity contribution in [2.45, 2.75) is 71.0 Å². The van der Waals surface area contributed by atoms with E-state index < -0.39 is 5.97 Å². The van der Waals surface area contributed by atoms with Gasteiger partial charge in [0.2, 0.25) is 0 Å². The van der Waals surface area contributed by atoms with Crippen LogP contribution in [0, 0.1) is 0 Å². The molecule has 1 fully saturated rings. The molecular weight excluding hydrogens is 243 g/mol. The van der Waals surface area contributed by atoms with Crippen LogP contribution in [0.15, 0.2) is 12.1 Å². The summed E-state index contributed by atoms with van der Waals surface area (Å²) in [7, 11) is -0.274. The van der Waals surface area contributed by atoms with Gasteiger partial charge in [-0.05, 0) is 47.0 Å². The molecule has 0 spiro atoms. The van der Waals surface area contributed by atoms with Crippen LogP contribution < -0.4 is 0 Å². The van der Waals surface area contributed by atoms with Crippen molar-refractivity contribution in [2.75, 3.05) is 0 Å². The Morgan fingerprint density at radius 1 is 1.11 bits per heavy atom. The van der Waals surface area contributed by atoms with E-state index in [9.17, 15) is 4.79 Å². The summed E-state index contributed by atoms with van der Waals surface area (Å²) >= 11 is 0. The highest BCUT2D eigenvalue weighted by molar-refractivity contribution is 6.51. The van der Waals surface area contributed by atoms with E-state index in [4.69, 9.17) is 14.4 Å². The van der Waals surface area contributed by atoms with Crippen LogP contribution in [0.25, 0.3) is 0 Å². The fraction of sp³-hybridized carbons (Fsp3) is 0.786. The largest absolute Gasteiger partial charge is 0.486 e. The number of hydrogen-bond acceptors (Lipinski definition) is 3. The van der Waals surface area contributed by atoms with Gasteiger partial charge >= 0.3 is 13.1 Å². The first-order valence-electron chi connectivity index (χ1n) is 6.99. The molecule has 19 heavy (non-hydrogen) atoms. The van der Waals surface area contributed by atoms with Crippen LogP contribution in [0.1, 0.15) is 59.8 Å². The number of hydrogen-bond donors (Lipinski definition) is 1. The van der Waals surface area contributed by atoms with Crippen molar-refractivity contribution in [2.24, 2.45) is 0 Å². The van der Waals surface area contributed by atoms with Crippen molar-refractivity contribution >= 4 is 13.1 Å². The molecule has 0 saturated carbocycles. The van der Waals surface area contributed by atoms with Crippen LogP contribution in [0.3, 0.4) is 0 Å². The first-order chi connectivity index (χ1) is 8.74. The van der Waals surface area contributed by atoms with Crippen molar-refractivity contribution in [3.63, 3.8) is 0 Å². The molecule has 4 nitrogen and oxygen atoms in total. The maximum absolute atomic E-state index is 10.3. The minimum atomic E-state index is -0.715. The summed E-state index contributed by atoms with van der Waals surface area (Å²) < 4.78 is 11.7. The third-order valence-electron chi connectivity index (χ3n) is 3.83. The lowest BCUT2D eigenvalue weighted by molar-refractivity contribution is -0.137. The molecule has 0 amide bonds. The van der Waals surface area contributed by atoms with E-state index in [2.05, 4.69) is 6.08 Å². The molecule has 1 heterocycles. The van der Waals surface area contributed by atoms with E-state index in [-0.39, 0.29) is 24.7 Å². The van der Waals surface area contributed by atoms with E-state index >= 15 is 0 Å². The lowest BCUT2D eigenvalue weighted by Gasteiger charge is -2.32. The van der Waals surface area contributed by atoms with Crippen LogP contribution >= 0.6 is 0 Å². The van der Waals surface area contributed by atoms with Gasteiger partial charge in [-0.25, -0.2) is 0 Å². The van der Waals surface area contributed by atoms with Crippen LogP contribution in [0.2, 0.25) is 0 Å². The predicted octanol–water partition coefficient (Wildman–Crippen LogP) is 3.21. The summed E-state index contributed by atoms with van der Waals surface area (Å²) in [6, 6.07) is 0. The SMILES string of the molecule is CC1(C)OB(/C=C/CCCCCC(=O)O)OC1(C)C. The summed E-state index contributed by atoms with van der Waals surface area (Å²) in [6.07, 6.45) is 5.95. The van der Waals surface area contributed by atoms with Gasteiger partial charge in [-0.3, -0.25) is 4.79 Å². The fourth-order valence-corrected chi connectivity index (χ4v) is 1.89. The summed E-state index contributed by atoms with van der Waals surface area (Å²) in [6.45, 7) is 8.14. The monoisotopic (exact) mass is 268 g/mol. The number of allylic oxidation sites excluding steroid dienone is 1. The normalized spacial score (nSPS) is 21.2. The van der Waals surface area contributed by atoms with Gasteiger partial charge in [-0.2, -0.15) is 0 Å². The lowest BCUT2D eigenvalue weighted by atomic mass is 9.89. The number of carbonyl (C=O) groups is 1. The lowest BCUT2D eigenvalue weighted by Crippen LogP contribution is -2.41. The maximum atomic E-state index is 10.3. The number of unbranched alkanes of at least 4 members (excludes halogenated alkanes) is 3. The highest BCUT2D eigenvalue weighted by Gasteiger charge is 2.49. The van der Waals surface area contributed by atoms with Crippen LogP contribution in [0.5, 0.6) is 0 Å². The van der Waals surface area contributed by atoms with Gasteiger partial charge in [0.25, 0.3) is 0 Å². The molecule has 1 rings (SSSR count). The molecule has 5 heteroatoms. The molecule has 0 aromatic heterocycles. The second kappa shape index (κ2) is 6.57. The Balaban J connectivity index is 2.19. The van der Waals surface area contributed by atoms with Crippen molar-refractivity contribution in [3.05, 3.63) is 12.1 Å². The molecule has 0 atom stereocenters. The first-order valence-corrected chi connectivity index (χ1v) is 6.99. The third-order valence-corrected chi connectivity index (χ3v) is 3.83. The van der Waals surface area contributed by atoms with E-state index in [0.717, 1.165) is 25.7 Å². The second-order valence-corrected chi connectivity index (χ2v) is 6.05. The van der Waals surface area contributed by atoms with Crippen molar-refractivity contribution in [1.82, 2.24) is 0 Å². The number of rotatable bonds is 7. The van der Waals surface area contributed by atoms with Crippen LogP contribution in [0.4, 0.5) is 0 Å². The van der Waals surface area contributed by atoms with E-state index in [1.165, 1.54) is 0 Å². The fourth-order valence-electron chi connectivity index (χ4n) is 1.89. The summed E-state index contributed by atoms with van der Waals surface area (Å²) in [5, 5.41) is 8.51. The molecule has 0 bridgehead atoms. The van der Waals surface area contributed by atoms with Crippen molar-refractivity contribution in [1.29, 1.82) is 0 Å². The molecule has 1 N–H and O–H groups in total. The highest BCUT2D eigenvalue weighted by Crippen LogP contribution is 2.36. The number of carboxylic acids is 1. The number of carboxylic acid groups (broad SMARTS) is 1. The first kappa shape index (κ1) is 16.2. The Bertz CT molecular complexity index is 320. The van der Waals surface area contributed by atoms with Gasteiger partial charge in [0, 0.05) is 6.42 Å². The molecule has 108 valence electrons.